The number of hydrogen-bond acceptors (Lipinski definition) is 4. The molecule has 0 saturated carbocycles. The minimum atomic E-state index is -0.582. The summed E-state index contributed by atoms with van der Waals surface area (Å²) >= 11 is 0. The fourth-order valence-corrected chi connectivity index (χ4v) is 3.99. The van der Waals surface area contributed by atoms with E-state index in [2.05, 4.69) is 10.6 Å². The molecule has 25 heavy (non-hydrogen) atoms. The van der Waals surface area contributed by atoms with E-state index in [1.807, 2.05) is 4.90 Å². The summed E-state index contributed by atoms with van der Waals surface area (Å²) in [6.07, 6.45) is 1.51. The van der Waals surface area contributed by atoms with Crippen molar-refractivity contribution >= 4 is 29.9 Å². The average molecular weight is 366 g/mol. The topological polar surface area (TPSA) is 70.7 Å². The molecule has 0 spiro atoms. The van der Waals surface area contributed by atoms with Gasteiger partial charge in [-0.2, -0.15) is 0 Å². The van der Waals surface area contributed by atoms with Gasteiger partial charge in [0.2, 0.25) is 0 Å². The molecule has 7 heteroatoms. The first-order chi connectivity index (χ1) is 11.6. The number of hydrogen-bond donors (Lipinski definition) is 2. The molecule has 2 fully saturated rings. The van der Waals surface area contributed by atoms with Gasteiger partial charge in [0.05, 0.1) is 11.3 Å². The van der Waals surface area contributed by atoms with Gasteiger partial charge in [-0.15, -0.1) is 12.4 Å². The Kier molecular flexibility index (Phi) is 5.20. The Morgan fingerprint density at radius 1 is 1.20 bits per heavy atom. The lowest BCUT2D eigenvalue weighted by Crippen LogP contribution is -2.37. The monoisotopic (exact) mass is 365 g/mol. The van der Waals surface area contributed by atoms with Crippen LogP contribution in [0.2, 0.25) is 0 Å². The van der Waals surface area contributed by atoms with Crippen LogP contribution in [0, 0.1) is 11.8 Å². The zero-order valence-electron chi connectivity index (χ0n) is 14.3. The molecular formula is C18H24ClN3O3. The van der Waals surface area contributed by atoms with Gasteiger partial charge in [-0.05, 0) is 56.8 Å². The number of benzene rings is 1. The number of fused-ring (bicyclic) bond motifs is 2. The summed E-state index contributed by atoms with van der Waals surface area (Å²) in [6, 6.07) is 5.36. The van der Waals surface area contributed by atoms with Crippen LogP contribution in [-0.2, 0) is 4.79 Å². The second-order valence-corrected chi connectivity index (χ2v) is 6.98. The molecule has 3 atom stereocenters. The number of para-hydroxylation sites is 1. The first-order valence-electron chi connectivity index (χ1n) is 8.74. The fraction of sp³-hybridized carbons (Fsp3) is 0.556. The molecule has 0 aliphatic carbocycles. The number of halogens is 1. The molecule has 2 saturated heterocycles. The van der Waals surface area contributed by atoms with E-state index in [1.165, 1.54) is 0 Å². The number of carbonyl (C=O) groups excluding carboxylic acids is 2. The normalized spacial score (nSPS) is 28.0. The number of nitrogens with one attached hydrogen (secondary N) is 2. The van der Waals surface area contributed by atoms with Crippen molar-refractivity contribution in [3.63, 3.8) is 0 Å². The maximum Gasteiger partial charge on any atom is 0.265 e. The lowest BCUT2D eigenvalue weighted by molar-refractivity contribution is -0.122. The minimum absolute atomic E-state index is 0. The van der Waals surface area contributed by atoms with Gasteiger partial charge in [0.1, 0.15) is 0 Å². The molecule has 136 valence electrons. The van der Waals surface area contributed by atoms with E-state index in [-0.39, 0.29) is 24.2 Å². The number of carbonyl (C=O) groups is 2. The van der Waals surface area contributed by atoms with Crippen LogP contribution in [0.25, 0.3) is 0 Å². The van der Waals surface area contributed by atoms with Crippen LogP contribution in [-0.4, -0.2) is 49.0 Å². The molecule has 3 aliphatic rings. The van der Waals surface area contributed by atoms with Gasteiger partial charge >= 0.3 is 0 Å². The van der Waals surface area contributed by atoms with E-state index in [0.717, 1.165) is 39.0 Å². The van der Waals surface area contributed by atoms with Crippen LogP contribution >= 0.6 is 12.4 Å². The molecule has 0 radical (unpaired) electrons. The molecule has 1 aromatic carbocycles. The van der Waals surface area contributed by atoms with Crippen molar-refractivity contribution in [3.8, 4) is 5.75 Å². The molecule has 3 heterocycles. The largest absolute Gasteiger partial charge is 0.478 e. The fourth-order valence-electron chi connectivity index (χ4n) is 3.99. The first kappa shape index (κ1) is 18.0. The van der Waals surface area contributed by atoms with Crippen molar-refractivity contribution in [2.45, 2.75) is 25.9 Å². The third-order valence-corrected chi connectivity index (χ3v) is 5.47. The molecule has 4 rings (SSSR count). The van der Waals surface area contributed by atoms with Gasteiger partial charge < -0.3 is 20.3 Å². The second kappa shape index (κ2) is 7.22. The SMILES string of the molecule is CC1Oc2c(cccc2C(=O)N2CC[C@@H]3CNC[C@@H]3CC2)NC1=O.Cl. The van der Waals surface area contributed by atoms with E-state index in [4.69, 9.17) is 4.74 Å². The molecule has 2 N–H and O–H groups in total. The van der Waals surface area contributed by atoms with Crippen LogP contribution in [0.15, 0.2) is 18.2 Å². The Morgan fingerprint density at radius 3 is 2.56 bits per heavy atom. The van der Waals surface area contributed by atoms with E-state index in [9.17, 15) is 9.59 Å². The van der Waals surface area contributed by atoms with Gasteiger partial charge in [-0.3, -0.25) is 9.59 Å². The quantitative estimate of drug-likeness (QED) is 0.797. The van der Waals surface area contributed by atoms with Crippen molar-refractivity contribution < 1.29 is 14.3 Å². The second-order valence-electron chi connectivity index (χ2n) is 6.98. The molecule has 3 aliphatic heterocycles. The summed E-state index contributed by atoms with van der Waals surface area (Å²) < 4.78 is 5.72. The molecule has 6 nitrogen and oxygen atoms in total. The van der Waals surface area contributed by atoms with Crippen LogP contribution in [0.1, 0.15) is 30.1 Å². The predicted octanol–water partition coefficient (Wildman–Crippen LogP) is 1.90. The van der Waals surface area contributed by atoms with Crippen molar-refractivity contribution in [3.05, 3.63) is 23.8 Å². The molecule has 1 aromatic rings. The zero-order valence-corrected chi connectivity index (χ0v) is 15.1. The minimum Gasteiger partial charge on any atom is -0.478 e. The molecule has 1 unspecified atom stereocenters. The highest BCUT2D eigenvalue weighted by molar-refractivity contribution is 6.04. The predicted molar refractivity (Wildman–Crippen MR) is 97.4 cm³/mol. The van der Waals surface area contributed by atoms with Crippen LogP contribution in [0.5, 0.6) is 5.75 Å². The van der Waals surface area contributed by atoms with Gasteiger partial charge in [-0.25, -0.2) is 0 Å². The summed E-state index contributed by atoms with van der Waals surface area (Å²) in [6.45, 7) is 5.40. The highest BCUT2D eigenvalue weighted by atomic mass is 35.5. The Labute approximate surface area is 153 Å². The lowest BCUT2D eigenvalue weighted by atomic mass is 9.92. The van der Waals surface area contributed by atoms with Gasteiger partial charge in [0.25, 0.3) is 11.8 Å². The Balaban J connectivity index is 0.00000182. The summed E-state index contributed by atoms with van der Waals surface area (Å²) in [4.78, 5) is 26.8. The van der Waals surface area contributed by atoms with Crippen molar-refractivity contribution in [1.82, 2.24) is 10.2 Å². The lowest BCUT2D eigenvalue weighted by Gasteiger charge is -2.27. The highest BCUT2D eigenvalue weighted by Gasteiger charge is 2.34. The number of rotatable bonds is 1. The maximum absolute atomic E-state index is 13.0. The summed E-state index contributed by atoms with van der Waals surface area (Å²) in [7, 11) is 0. The zero-order chi connectivity index (χ0) is 16.7. The van der Waals surface area contributed by atoms with Crippen molar-refractivity contribution in [2.24, 2.45) is 11.8 Å². The van der Waals surface area contributed by atoms with Crippen LogP contribution in [0.4, 0.5) is 5.69 Å². The standard InChI is InChI=1S/C18H23N3O3.ClH/c1-11-17(22)20-15-4-2-3-14(16(15)24-11)18(23)21-7-5-12-9-19-10-13(12)6-8-21;/h2-4,11-13,19H,5-10H2,1H3,(H,20,22);1H/t11?,12-,13+;. The molecule has 0 aromatic heterocycles. The van der Waals surface area contributed by atoms with E-state index in [0.29, 0.717) is 28.8 Å². The number of amides is 2. The highest BCUT2D eigenvalue weighted by Crippen LogP contribution is 2.35. The third kappa shape index (κ3) is 3.33. The summed E-state index contributed by atoms with van der Waals surface area (Å²) in [5.74, 6) is 1.69. The number of likely N-dealkylation sites (tertiary alicyclic amines) is 1. The van der Waals surface area contributed by atoms with E-state index in [1.54, 1.807) is 25.1 Å². The molecule has 0 bridgehead atoms. The van der Waals surface area contributed by atoms with Crippen molar-refractivity contribution in [1.29, 1.82) is 0 Å². The average Bonchev–Trinajstić information content (AvgIpc) is 2.93. The summed E-state index contributed by atoms with van der Waals surface area (Å²) in [5.41, 5.74) is 1.13. The van der Waals surface area contributed by atoms with E-state index < -0.39 is 6.10 Å². The number of nitrogens with zero attached hydrogens (tertiary/aromatic N) is 1. The third-order valence-electron chi connectivity index (χ3n) is 5.47. The number of anilines is 1. The van der Waals surface area contributed by atoms with E-state index >= 15 is 0 Å². The van der Waals surface area contributed by atoms with Gasteiger partial charge in [0.15, 0.2) is 11.9 Å². The molecule has 2 amide bonds. The molecular weight excluding hydrogens is 342 g/mol. The van der Waals surface area contributed by atoms with Crippen molar-refractivity contribution in [2.75, 3.05) is 31.5 Å². The Hall–Kier alpha value is -1.79. The van der Waals surface area contributed by atoms with Crippen LogP contribution in [0.3, 0.4) is 0 Å². The maximum atomic E-state index is 13.0. The van der Waals surface area contributed by atoms with Gasteiger partial charge in [0, 0.05) is 13.1 Å². The number of ether oxygens (including phenoxy) is 1. The smallest absolute Gasteiger partial charge is 0.265 e. The van der Waals surface area contributed by atoms with Crippen LogP contribution < -0.4 is 15.4 Å². The Bertz CT molecular complexity index is 668. The Morgan fingerprint density at radius 2 is 1.88 bits per heavy atom. The first-order valence-corrected chi connectivity index (χ1v) is 8.74. The van der Waals surface area contributed by atoms with Gasteiger partial charge in [-0.1, -0.05) is 6.07 Å². The summed E-state index contributed by atoms with van der Waals surface area (Å²) in [5, 5.41) is 6.26.